The zero-order valence-corrected chi connectivity index (χ0v) is 12.6. The fraction of sp³-hybridized carbons (Fsp3) is 0.154. The molecule has 0 amide bonds. The molecular formula is C13H13BrClN3O. The molecule has 4 nitrogen and oxygen atoms in total. The van der Waals surface area contributed by atoms with Crippen LogP contribution in [0, 0.1) is 0 Å². The number of methoxy groups -OCH3 is 1. The molecule has 0 radical (unpaired) electrons. The van der Waals surface area contributed by atoms with Crippen LogP contribution in [-0.2, 0) is 0 Å². The predicted molar refractivity (Wildman–Crippen MR) is 79.1 cm³/mol. The van der Waals surface area contributed by atoms with E-state index in [0.29, 0.717) is 10.8 Å². The molecule has 1 aromatic carbocycles. The predicted octanol–water partition coefficient (Wildman–Crippen LogP) is 3.06. The summed E-state index contributed by atoms with van der Waals surface area (Å²) >= 11 is 9.53. The molecule has 1 aromatic heterocycles. The molecule has 3 N–H and O–H groups in total. The summed E-state index contributed by atoms with van der Waals surface area (Å²) in [6.07, 6.45) is 3.38. The molecule has 0 bridgehead atoms. The topological polar surface area (TPSA) is 60.2 Å². The Kier molecular flexibility index (Phi) is 4.76. The molecular weight excluding hydrogens is 330 g/mol. The molecule has 0 saturated carbocycles. The minimum absolute atomic E-state index is 0.226. The first kappa shape index (κ1) is 14.3. The second-order valence-corrected chi connectivity index (χ2v) is 5.21. The van der Waals surface area contributed by atoms with Crippen LogP contribution in [0.5, 0.6) is 5.75 Å². The molecule has 0 aliphatic carbocycles. The molecule has 0 saturated heterocycles. The van der Waals surface area contributed by atoms with Crippen molar-refractivity contribution >= 4 is 27.5 Å². The van der Waals surface area contributed by atoms with Crippen LogP contribution in [0.25, 0.3) is 0 Å². The third kappa shape index (κ3) is 3.25. The van der Waals surface area contributed by atoms with Crippen molar-refractivity contribution in [2.45, 2.75) is 6.04 Å². The molecule has 19 heavy (non-hydrogen) atoms. The van der Waals surface area contributed by atoms with E-state index in [0.717, 1.165) is 15.6 Å². The maximum absolute atomic E-state index is 6.03. The Morgan fingerprint density at radius 1 is 1.37 bits per heavy atom. The van der Waals surface area contributed by atoms with E-state index in [2.05, 4.69) is 26.3 Å². The van der Waals surface area contributed by atoms with Gasteiger partial charge in [-0.2, -0.15) is 0 Å². The first-order chi connectivity index (χ1) is 9.15. The zero-order valence-electron chi connectivity index (χ0n) is 10.2. The summed E-state index contributed by atoms with van der Waals surface area (Å²) in [6.45, 7) is 0. The monoisotopic (exact) mass is 341 g/mol. The quantitative estimate of drug-likeness (QED) is 0.662. The van der Waals surface area contributed by atoms with Gasteiger partial charge in [-0.3, -0.25) is 10.8 Å². The molecule has 0 aliphatic rings. The number of rotatable bonds is 4. The van der Waals surface area contributed by atoms with Gasteiger partial charge < -0.3 is 4.74 Å². The molecule has 6 heteroatoms. The first-order valence-electron chi connectivity index (χ1n) is 5.55. The number of ether oxygens (including phenoxy) is 1. The second-order valence-electron chi connectivity index (χ2n) is 3.92. The summed E-state index contributed by atoms with van der Waals surface area (Å²) in [7, 11) is 1.60. The fourth-order valence-electron chi connectivity index (χ4n) is 1.81. The first-order valence-corrected chi connectivity index (χ1v) is 6.73. The van der Waals surface area contributed by atoms with Crippen molar-refractivity contribution in [1.29, 1.82) is 0 Å². The van der Waals surface area contributed by atoms with Crippen molar-refractivity contribution in [3.63, 3.8) is 0 Å². The summed E-state index contributed by atoms with van der Waals surface area (Å²) in [4.78, 5) is 4.13. The van der Waals surface area contributed by atoms with E-state index in [-0.39, 0.29) is 6.04 Å². The largest absolute Gasteiger partial charge is 0.495 e. The van der Waals surface area contributed by atoms with Gasteiger partial charge in [-0.25, -0.2) is 5.43 Å². The highest BCUT2D eigenvalue weighted by Gasteiger charge is 2.16. The average molecular weight is 343 g/mol. The van der Waals surface area contributed by atoms with Gasteiger partial charge in [0.05, 0.1) is 19.3 Å². The van der Waals surface area contributed by atoms with Crippen LogP contribution in [0.15, 0.2) is 41.1 Å². The van der Waals surface area contributed by atoms with Crippen molar-refractivity contribution in [2.24, 2.45) is 5.84 Å². The lowest BCUT2D eigenvalue weighted by Gasteiger charge is -2.18. The molecule has 2 aromatic rings. The number of aromatic nitrogens is 1. The summed E-state index contributed by atoms with van der Waals surface area (Å²) in [5.74, 6) is 6.34. The van der Waals surface area contributed by atoms with Crippen LogP contribution >= 0.6 is 27.5 Å². The van der Waals surface area contributed by atoms with Gasteiger partial charge in [-0.05, 0) is 35.4 Å². The highest BCUT2D eigenvalue weighted by atomic mass is 79.9. The van der Waals surface area contributed by atoms with E-state index in [1.807, 2.05) is 24.3 Å². The van der Waals surface area contributed by atoms with E-state index in [1.54, 1.807) is 19.5 Å². The Balaban J connectivity index is 2.46. The van der Waals surface area contributed by atoms with E-state index < -0.39 is 0 Å². The SMILES string of the molecule is COc1cncc(C(NN)c2cc(Cl)ccc2Br)c1. The van der Waals surface area contributed by atoms with Crippen molar-refractivity contribution in [1.82, 2.24) is 10.4 Å². The highest BCUT2D eigenvalue weighted by molar-refractivity contribution is 9.10. The van der Waals surface area contributed by atoms with Crippen LogP contribution in [-0.4, -0.2) is 12.1 Å². The van der Waals surface area contributed by atoms with Gasteiger partial charge in [0.2, 0.25) is 0 Å². The average Bonchev–Trinajstić information content (AvgIpc) is 2.44. The van der Waals surface area contributed by atoms with Gasteiger partial charge in [0.15, 0.2) is 0 Å². The fourth-order valence-corrected chi connectivity index (χ4v) is 2.46. The summed E-state index contributed by atoms with van der Waals surface area (Å²) in [5, 5.41) is 0.648. The van der Waals surface area contributed by atoms with Gasteiger partial charge in [0.25, 0.3) is 0 Å². The van der Waals surface area contributed by atoms with Crippen molar-refractivity contribution in [2.75, 3.05) is 7.11 Å². The number of hydrazine groups is 1. The van der Waals surface area contributed by atoms with E-state index in [9.17, 15) is 0 Å². The van der Waals surface area contributed by atoms with Gasteiger partial charge in [-0.1, -0.05) is 27.5 Å². The highest BCUT2D eigenvalue weighted by Crippen LogP contribution is 2.31. The number of pyridine rings is 1. The molecule has 1 atom stereocenters. The van der Waals surface area contributed by atoms with Gasteiger partial charge >= 0.3 is 0 Å². The normalized spacial score (nSPS) is 12.2. The van der Waals surface area contributed by atoms with Gasteiger partial charge in [-0.15, -0.1) is 0 Å². The van der Waals surface area contributed by atoms with Crippen LogP contribution in [0.1, 0.15) is 17.2 Å². The van der Waals surface area contributed by atoms with E-state index >= 15 is 0 Å². The lowest BCUT2D eigenvalue weighted by atomic mass is 10.0. The Bertz CT molecular complexity index is 580. The molecule has 0 fully saturated rings. The Morgan fingerprint density at radius 2 is 2.16 bits per heavy atom. The van der Waals surface area contributed by atoms with Crippen LogP contribution < -0.4 is 16.0 Å². The Hall–Kier alpha value is -1.14. The maximum atomic E-state index is 6.03. The molecule has 0 spiro atoms. The molecule has 0 aliphatic heterocycles. The lowest BCUT2D eigenvalue weighted by molar-refractivity contribution is 0.411. The van der Waals surface area contributed by atoms with Crippen molar-refractivity contribution in [3.8, 4) is 5.75 Å². The second kappa shape index (κ2) is 6.34. The Labute approximate surface area is 125 Å². The summed E-state index contributed by atoms with van der Waals surface area (Å²) in [5.41, 5.74) is 4.60. The maximum Gasteiger partial charge on any atom is 0.137 e. The number of benzene rings is 1. The lowest BCUT2D eigenvalue weighted by Crippen LogP contribution is -2.29. The summed E-state index contributed by atoms with van der Waals surface area (Å²) < 4.78 is 6.09. The van der Waals surface area contributed by atoms with Gasteiger partial charge in [0.1, 0.15) is 5.75 Å². The standard InChI is InChI=1S/C13H13BrClN3O/c1-19-10-4-8(6-17-7-10)13(18-16)11-5-9(15)2-3-12(11)14/h2-7,13,18H,16H2,1H3. The number of nitrogens with one attached hydrogen (secondary N) is 1. The molecule has 1 heterocycles. The van der Waals surface area contributed by atoms with E-state index in [4.69, 9.17) is 22.2 Å². The number of nitrogens with zero attached hydrogens (tertiary/aromatic N) is 1. The van der Waals surface area contributed by atoms with Crippen molar-refractivity contribution < 1.29 is 4.74 Å². The number of hydrogen-bond donors (Lipinski definition) is 2. The summed E-state index contributed by atoms with van der Waals surface area (Å²) in [6, 6.07) is 7.21. The number of nitrogens with two attached hydrogens (primary N) is 1. The van der Waals surface area contributed by atoms with Gasteiger partial charge in [0, 0.05) is 15.7 Å². The third-order valence-corrected chi connectivity index (χ3v) is 3.70. The number of halogens is 2. The van der Waals surface area contributed by atoms with Crippen LogP contribution in [0.3, 0.4) is 0 Å². The third-order valence-electron chi connectivity index (χ3n) is 2.74. The molecule has 1 unspecified atom stereocenters. The van der Waals surface area contributed by atoms with E-state index in [1.165, 1.54) is 0 Å². The van der Waals surface area contributed by atoms with Crippen molar-refractivity contribution in [3.05, 3.63) is 57.3 Å². The minimum Gasteiger partial charge on any atom is -0.495 e. The molecule has 100 valence electrons. The van der Waals surface area contributed by atoms with Crippen LogP contribution in [0.2, 0.25) is 5.02 Å². The van der Waals surface area contributed by atoms with Crippen LogP contribution in [0.4, 0.5) is 0 Å². The Morgan fingerprint density at radius 3 is 2.84 bits per heavy atom. The molecule has 2 rings (SSSR count). The minimum atomic E-state index is -0.226. The number of hydrogen-bond acceptors (Lipinski definition) is 4. The zero-order chi connectivity index (χ0) is 13.8. The smallest absolute Gasteiger partial charge is 0.137 e.